The highest BCUT2D eigenvalue weighted by Crippen LogP contribution is 2.49. The first kappa shape index (κ1) is 92.4. The van der Waals surface area contributed by atoms with E-state index in [1.807, 2.05) is 6.08 Å². The second kappa shape index (κ2) is 57.4. The van der Waals surface area contributed by atoms with Gasteiger partial charge in [-0.3, -0.25) is 18.6 Å². The van der Waals surface area contributed by atoms with Gasteiger partial charge in [0.25, 0.3) is 0 Å². The van der Waals surface area contributed by atoms with Gasteiger partial charge in [-0.2, -0.15) is 0 Å². The first-order valence-corrected chi connectivity index (χ1v) is 40.8. The van der Waals surface area contributed by atoms with Crippen molar-refractivity contribution >= 4 is 25.7 Å². The predicted octanol–water partition coefficient (Wildman–Crippen LogP) is 11.5. The number of phosphoric acid groups is 1. The van der Waals surface area contributed by atoms with E-state index in [0.717, 1.165) is 109 Å². The predicted molar refractivity (Wildman–Crippen MR) is 384 cm³/mol. The summed E-state index contributed by atoms with van der Waals surface area (Å²) in [6, 6.07) is 0. The number of carbonyl (C=O) groups excluding carboxylic acids is 3. The molecule has 1 saturated carbocycles. The van der Waals surface area contributed by atoms with Crippen LogP contribution in [-0.2, 0) is 61.2 Å². The quantitative estimate of drug-likeness (QED) is 0.00512. The molecule has 18 unspecified atom stereocenters. The highest BCUT2D eigenvalue weighted by molar-refractivity contribution is 7.47. The third-order valence-corrected chi connectivity index (χ3v) is 20.2. The van der Waals surface area contributed by atoms with Gasteiger partial charge in [-0.05, 0) is 51.4 Å². The molecule has 18 atom stereocenters. The van der Waals surface area contributed by atoms with E-state index in [4.69, 9.17) is 42.2 Å². The fraction of sp³-hybridized carbons (Fsp3) is 0.882. The minimum absolute atomic E-state index is 0.0281. The molecule has 0 spiro atoms. The van der Waals surface area contributed by atoms with Crippen molar-refractivity contribution in [3.63, 3.8) is 0 Å². The summed E-state index contributed by atoms with van der Waals surface area (Å²) in [5.74, 6) is -2.25. The molecule has 0 bridgehead atoms. The van der Waals surface area contributed by atoms with Gasteiger partial charge in [0.2, 0.25) is 0 Å². The molecular formula is C76H137O24P. The number of aliphatic hydroxyl groups is 10. The number of carbonyl (C=O) groups is 3. The summed E-state index contributed by atoms with van der Waals surface area (Å²) in [6.07, 6.45) is 21.1. The van der Waals surface area contributed by atoms with Gasteiger partial charge in [0, 0.05) is 18.9 Å². The first-order chi connectivity index (χ1) is 48.8. The summed E-state index contributed by atoms with van der Waals surface area (Å²) in [7, 11) is -5.72. The Kier molecular flexibility index (Phi) is 52.5. The summed E-state index contributed by atoms with van der Waals surface area (Å²) in [5.41, 5.74) is 0. The Hall–Kier alpha value is -2.82. The van der Waals surface area contributed by atoms with E-state index in [1.165, 1.54) is 147 Å². The van der Waals surface area contributed by atoms with Gasteiger partial charge in [-0.1, -0.05) is 263 Å². The van der Waals surface area contributed by atoms with E-state index in [0.29, 0.717) is 19.3 Å². The molecule has 24 nitrogen and oxygen atoms in total. The fourth-order valence-electron chi connectivity index (χ4n) is 12.8. The number of phosphoric ester groups is 1. The topological polar surface area (TPSA) is 374 Å². The lowest BCUT2D eigenvalue weighted by atomic mass is 9.84. The smallest absolute Gasteiger partial charge is 0.463 e. The van der Waals surface area contributed by atoms with Crippen LogP contribution in [0, 0.1) is 0 Å². The number of ether oxygens (including phenoxy) is 7. The van der Waals surface area contributed by atoms with E-state index in [1.54, 1.807) is 6.08 Å². The van der Waals surface area contributed by atoms with E-state index in [-0.39, 0.29) is 12.8 Å². The highest BCUT2D eigenvalue weighted by atomic mass is 31.2. The summed E-state index contributed by atoms with van der Waals surface area (Å²) >= 11 is 0. The average molecular weight is 1470 g/mol. The van der Waals surface area contributed by atoms with Gasteiger partial charge in [-0.25, -0.2) is 9.36 Å². The molecule has 0 aromatic rings. The van der Waals surface area contributed by atoms with Crippen molar-refractivity contribution in [2.45, 2.75) is 401 Å². The van der Waals surface area contributed by atoms with E-state index < -0.39 is 156 Å². The first-order valence-electron chi connectivity index (χ1n) is 39.3. The zero-order valence-corrected chi connectivity index (χ0v) is 62.6. The number of hydrogen-bond acceptors (Lipinski definition) is 23. The van der Waals surface area contributed by atoms with Crippen LogP contribution in [0.15, 0.2) is 36.5 Å². The molecule has 3 aliphatic rings. The normalized spacial score (nSPS) is 27.3. The third-order valence-electron chi connectivity index (χ3n) is 19.2. The number of unbranched alkanes of at least 4 members (excludes halogenated alkanes) is 37. The van der Waals surface area contributed by atoms with Gasteiger partial charge in [0.1, 0.15) is 98.7 Å². The Balaban J connectivity index is 1.73. The number of hydrogen-bond donors (Lipinski definition) is 11. The number of esters is 3. The number of rotatable bonds is 61. The van der Waals surface area contributed by atoms with Crippen LogP contribution in [-0.4, -0.2) is 204 Å². The molecule has 25 heteroatoms. The zero-order valence-electron chi connectivity index (χ0n) is 61.7. The van der Waals surface area contributed by atoms with Crippen LogP contribution < -0.4 is 0 Å². The average Bonchev–Trinajstić information content (AvgIpc) is 0.761. The molecule has 0 radical (unpaired) electrons. The Morgan fingerprint density at radius 1 is 0.406 bits per heavy atom. The highest BCUT2D eigenvalue weighted by Gasteiger charge is 2.58. The largest absolute Gasteiger partial charge is 0.472 e. The molecule has 101 heavy (non-hydrogen) atoms. The molecule has 0 amide bonds. The minimum atomic E-state index is -5.72. The van der Waals surface area contributed by atoms with Crippen LogP contribution in [0.25, 0.3) is 0 Å². The van der Waals surface area contributed by atoms with Gasteiger partial charge in [-0.15, -0.1) is 0 Å². The standard InChI is InChI=1S/C76H137O24P/c1-4-7-10-13-16-19-22-25-28-31-33-36-39-42-45-48-51-61(79)93-56-59-64(82)66(84)71(89)76(97-59)99-73-69(87)67(85)68(86)72(98-75-70(88)65(83)63(81)58(53-77)96-75)74(73)100-101(90,91)94-55-57(95-62(80)52-49-46-43-40-37-34-30-27-24-21-18-15-12-9-6-3)54-92-60(78)50-47-44-41-38-35-32-29-26-23-20-17-14-11-8-5-2/h21,24,41,44,47,50,57-59,63-77,81-89H,4-20,22-23,25-40,42-43,45-46,48-49,51-56H2,1-3H3,(H,90,91)/b24-21-,44-41+,50-47+. The Bertz CT molecular complexity index is 2220. The SMILES string of the molecule is CCCCCC/C=C\CCCCCCCCCC(=O)OC(COC(=O)/C=C/C=C/CCCCCCCCCCCCC)COP(=O)(O)OC1C(OC2OC(CO)C(O)C(O)C2O)C(O)C(O)C(O)C1OC1OC(COC(=O)CCCCCCCCCCCCCCCCCC)C(O)C(O)C1O. The second-order valence-corrected chi connectivity index (χ2v) is 29.5. The summed E-state index contributed by atoms with van der Waals surface area (Å²) in [4.78, 5) is 50.9. The van der Waals surface area contributed by atoms with Crippen LogP contribution in [0.5, 0.6) is 0 Å². The van der Waals surface area contributed by atoms with Crippen molar-refractivity contribution in [2.24, 2.45) is 0 Å². The maximum absolute atomic E-state index is 14.3. The van der Waals surface area contributed by atoms with Crippen LogP contribution in [0.2, 0.25) is 0 Å². The zero-order chi connectivity index (χ0) is 73.9. The Morgan fingerprint density at radius 3 is 1.21 bits per heavy atom. The monoisotopic (exact) mass is 1460 g/mol. The second-order valence-electron chi connectivity index (χ2n) is 28.1. The van der Waals surface area contributed by atoms with E-state index in [9.17, 15) is 74.9 Å². The minimum Gasteiger partial charge on any atom is -0.463 e. The van der Waals surface area contributed by atoms with Gasteiger partial charge < -0.3 is 89.1 Å². The number of allylic oxidation sites excluding steroid dienone is 5. The van der Waals surface area contributed by atoms with Crippen LogP contribution in [0.3, 0.4) is 0 Å². The molecule has 3 fully saturated rings. The molecule has 0 aromatic carbocycles. The lowest BCUT2D eigenvalue weighted by Crippen LogP contribution is -2.69. The lowest BCUT2D eigenvalue weighted by Gasteiger charge is -2.49. The van der Waals surface area contributed by atoms with Crippen molar-refractivity contribution in [2.75, 3.05) is 26.4 Å². The van der Waals surface area contributed by atoms with Crippen LogP contribution >= 0.6 is 7.82 Å². The van der Waals surface area contributed by atoms with Crippen LogP contribution in [0.1, 0.15) is 297 Å². The summed E-state index contributed by atoms with van der Waals surface area (Å²) in [5, 5.41) is 110. The maximum Gasteiger partial charge on any atom is 0.472 e. The fourth-order valence-corrected chi connectivity index (χ4v) is 13.8. The van der Waals surface area contributed by atoms with Crippen molar-refractivity contribution in [1.82, 2.24) is 0 Å². The molecule has 2 saturated heterocycles. The van der Waals surface area contributed by atoms with Crippen molar-refractivity contribution in [1.29, 1.82) is 0 Å². The molecular weight excluding hydrogens is 1330 g/mol. The molecule has 1 aliphatic carbocycles. The maximum atomic E-state index is 14.3. The van der Waals surface area contributed by atoms with E-state index >= 15 is 0 Å². The summed E-state index contributed by atoms with van der Waals surface area (Å²) < 4.78 is 64.9. The van der Waals surface area contributed by atoms with Gasteiger partial charge in [0.05, 0.1) is 13.2 Å². The molecule has 590 valence electrons. The molecule has 0 aromatic heterocycles. The Morgan fingerprint density at radius 2 is 0.772 bits per heavy atom. The van der Waals surface area contributed by atoms with Crippen molar-refractivity contribution < 1.29 is 117 Å². The Labute approximate surface area is 604 Å². The van der Waals surface area contributed by atoms with Crippen molar-refractivity contribution in [3.8, 4) is 0 Å². The number of aliphatic hydroxyl groups excluding tert-OH is 10. The van der Waals surface area contributed by atoms with Gasteiger partial charge >= 0.3 is 25.7 Å². The molecule has 3 rings (SSSR count). The molecule has 2 heterocycles. The van der Waals surface area contributed by atoms with Crippen LogP contribution in [0.4, 0.5) is 0 Å². The van der Waals surface area contributed by atoms with Gasteiger partial charge in [0.15, 0.2) is 18.7 Å². The molecule has 11 N–H and O–H groups in total. The van der Waals surface area contributed by atoms with E-state index in [2.05, 4.69) is 32.9 Å². The van der Waals surface area contributed by atoms with Crippen molar-refractivity contribution in [3.05, 3.63) is 36.5 Å². The third kappa shape index (κ3) is 40.1. The molecule has 2 aliphatic heterocycles. The summed E-state index contributed by atoms with van der Waals surface area (Å²) in [6.45, 7) is 3.34. The lowest BCUT2D eigenvalue weighted by molar-refractivity contribution is -0.360.